The standard InChI is InChI=1S/C20H27N5O4S/c1-12(2)30-16-6-5-15(13(3)23-16)24-18-17(28-4)19(22-11-21-18)29-14-7-9-25(10-8-14)20(26)27/h5-6,11-12,14H,7-10H2,1-4H3,(H,26,27)(H,21,22,24). The van der Waals surface area contributed by atoms with Crippen molar-refractivity contribution in [3.63, 3.8) is 0 Å². The highest BCUT2D eigenvalue weighted by molar-refractivity contribution is 7.99. The number of ether oxygens (including phenoxy) is 2. The number of methoxy groups -OCH3 is 1. The van der Waals surface area contributed by atoms with Crippen molar-refractivity contribution in [1.82, 2.24) is 19.9 Å². The number of aromatic nitrogens is 3. The fraction of sp³-hybridized carbons (Fsp3) is 0.500. The normalized spacial score (nSPS) is 14.6. The summed E-state index contributed by atoms with van der Waals surface area (Å²) in [4.78, 5) is 25.6. The molecular formula is C20H27N5O4S. The van der Waals surface area contributed by atoms with Gasteiger partial charge in [-0.25, -0.2) is 14.8 Å². The Morgan fingerprint density at radius 2 is 2.03 bits per heavy atom. The van der Waals surface area contributed by atoms with Gasteiger partial charge in [0.1, 0.15) is 12.4 Å². The zero-order chi connectivity index (χ0) is 21.7. The van der Waals surface area contributed by atoms with Crippen LogP contribution in [0.3, 0.4) is 0 Å². The summed E-state index contributed by atoms with van der Waals surface area (Å²) in [5.74, 6) is 1.22. The van der Waals surface area contributed by atoms with Crippen LogP contribution in [0.5, 0.6) is 11.6 Å². The molecule has 1 amide bonds. The van der Waals surface area contributed by atoms with Crippen LogP contribution in [0.25, 0.3) is 0 Å². The van der Waals surface area contributed by atoms with Crippen LogP contribution in [-0.4, -0.2) is 62.6 Å². The zero-order valence-corrected chi connectivity index (χ0v) is 18.4. The lowest BCUT2D eigenvalue weighted by molar-refractivity contribution is 0.0852. The lowest BCUT2D eigenvalue weighted by Gasteiger charge is -2.30. The van der Waals surface area contributed by atoms with E-state index in [0.29, 0.717) is 48.6 Å². The van der Waals surface area contributed by atoms with Gasteiger partial charge in [-0.1, -0.05) is 13.8 Å². The van der Waals surface area contributed by atoms with E-state index >= 15 is 0 Å². The van der Waals surface area contributed by atoms with Crippen LogP contribution in [0, 0.1) is 6.92 Å². The molecule has 0 bridgehead atoms. The molecule has 0 unspecified atom stereocenters. The van der Waals surface area contributed by atoms with Crippen molar-refractivity contribution < 1.29 is 19.4 Å². The van der Waals surface area contributed by atoms with E-state index in [2.05, 4.69) is 34.1 Å². The maximum Gasteiger partial charge on any atom is 0.407 e. The molecule has 2 aromatic rings. The molecule has 2 N–H and O–H groups in total. The number of nitrogens with one attached hydrogen (secondary N) is 1. The topological polar surface area (TPSA) is 110 Å². The van der Waals surface area contributed by atoms with Crippen LogP contribution in [0.2, 0.25) is 0 Å². The Morgan fingerprint density at radius 3 is 2.63 bits per heavy atom. The smallest absolute Gasteiger partial charge is 0.407 e. The Kier molecular flexibility index (Phi) is 7.20. The number of carbonyl (C=O) groups is 1. The lowest BCUT2D eigenvalue weighted by Crippen LogP contribution is -2.41. The van der Waals surface area contributed by atoms with Gasteiger partial charge in [-0.15, -0.1) is 11.8 Å². The second kappa shape index (κ2) is 9.84. The van der Waals surface area contributed by atoms with Gasteiger partial charge in [-0.3, -0.25) is 0 Å². The monoisotopic (exact) mass is 433 g/mol. The first-order valence-corrected chi connectivity index (χ1v) is 10.7. The van der Waals surface area contributed by atoms with Gasteiger partial charge in [0.05, 0.1) is 23.5 Å². The molecule has 1 aliphatic rings. The van der Waals surface area contributed by atoms with Gasteiger partial charge >= 0.3 is 6.09 Å². The zero-order valence-electron chi connectivity index (χ0n) is 17.6. The minimum absolute atomic E-state index is 0.131. The maximum absolute atomic E-state index is 11.1. The molecule has 3 heterocycles. The fourth-order valence-electron chi connectivity index (χ4n) is 3.14. The van der Waals surface area contributed by atoms with Crippen molar-refractivity contribution in [1.29, 1.82) is 0 Å². The number of anilines is 2. The van der Waals surface area contributed by atoms with E-state index in [1.807, 2.05) is 19.1 Å². The Balaban J connectivity index is 1.73. The Morgan fingerprint density at radius 1 is 1.30 bits per heavy atom. The third-order valence-electron chi connectivity index (χ3n) is 4.64. The van der Waals surface area contributed by atoms with Crippen LogP contribution in [0.1, 0.15) is 32.4 Å². The number of pyridine rings is 1. The molecule has 3 rings (SSSR count). The second-order valence-corrected chi connectivity index (χ2v) is 8.82. The number of piperidine rings is 1. The number of thioether (sulfide) groups is 1. The van der Waals surface area contributed by atoms with Crippen molar-refractivity contribution in [3.05, 3.63) is 24.2 Å². The molecular weight excluding hydrogens is 406 g/mol. The second-order valence-electron chi connectivity index (χ2n) is 7.22. The first-order valence-electron chi connectivity index (χ1n) is 9.82. The van der Waals surface area contributed by atoms with Gasteiger partial charge in [-0.2, -0.15) is 4.98 Å². The molecule has 2 aromatic heterocycles. The number of likely N-dealkylation sites (tertiary alicyclic amines) is 1. The largest absolute Gasteiger partial charge is 0.489 e. The van der Waals surface area contributed by atoms with E-state index < -0.39 is 6.09 Å². The van der Waals surface area contributed by atoms with Crippen LogP contribution >= 0.6 is 11.8 Å². The Hall–Kier alpha value is -2.75. The first kappa shape index (κ1) is 21.9. The van der Waals surface area contributed by atoms with Gasteiger partial charge in [0.15, 0.2) is 5.82 Å². The van der Waals surface area contributed by atoms with Crippen molar-refractivity contribution in [3.8, 4) is 11.6 Å². The molecule has 1 aliphatic heterocycles. The minimum Gasteiger partial charge on any atom is -0.489 e. The summed E-state index contributed by atoms with van der Waals surface area (Å²) in [6.07, 6.45) is 1.58. The third-order valence-corrected chi connectivity index (χ3v) is 5.58. The number of rotatable bonds is 7. The van der Waals surface area contributed by atoms with Gasteiger partial charge in [0, 0.05) is 31.2 Å². The number of hydrogen-bond donors (Lipinski definition) is 2. The molecule has 0 aromatic carbocycles. The number of nitrogens with zero attached hydrogens (tertiary/aromatic N) is 4. The predicted molar refractivity (Wildman–Crippen MR) is 115 cm³/mol. The highest BCUT2D eigenvalue weighted by atomic mass is 32.2. The molecule has 9 nitrogen and oxygen atoms in total. The first-order chi connectivity index (χ1) is 14.4. The quantitative estimate of drug-likeness (QED) is 0.627. The van der Waals surface area contributed by atoms with Crippen molar-refractivity contribution in [2.75, 3.05) is 25.5 Å². The van der Waals surface area contributed by atoms with Crippen molar-refractivity contribution >= 4 is 29.4 Å². The molecule has 162 valence electrons. The number of amides is 1. The Labute approximate surface area is 180 Å². The molecule has 1 saturated heterocycles. The van der Waals surface area contributed by atoms with E-state index in [1.54, 1.807) is 11.8 Å². The Bertz CT molecular complexity index is 887. The lowest BCUT2D eigenvalue weighted by atomic mass is 10.1. The average molecular weight is 434 g/mol. The van der Waals surface area contributed by atoms with Crippen LogP contribution in [0.4, 0.5) is 16.3 Å². The molecule has 30 heavy (non-hydrogen) atoms. The molecule has 0 aliphatic carbocycles. The number of aryl methyl sites for hydroxylation is 1. The fourth-order valence-corrected chi connectivity index (χ4v) is 3.96. The van der Waals surface area contributed by atoms with Crippen LogP contribution < -0.4 is 14.8 Å². The summed E-state index contributed by atoms with van der Waals surface area (Å²) >= 11 is 1.71. The molecule has 0 saturated carbocycles. The summed E-state index contributed by atoms with van der Waals surface area (Å²) in [5.41, 5.74) is 1.67. The van der Waals surface area contributed by atoms with E-state index in [4.69, 9.17) is 14.6 Å². The maximum atomic E-state index is 11.1. The van der Waals surface area contributed by atoms with Crippen LogP contribution in [-0.2, 0) is 0 Å². The molecule has 1 fully saturated rings. The third kappa shape index (κ3) is 5.44. The van der Waals surface area contributed by atoms with Crippen molar-refractivity contribution in [2.45, 2.75) is 50.0 Å². The van der Waals surface area contributed by atoms with Gasteiger partial charge in [0.25, 0.3) is 5.88 Å². The summed E-state index contributed by atoms with van der Waals surface area (Å²) in [6.45, 7) is 7.07. The molecule has 10 heteroatoms. The molecule has 0 spiro atoms. The van der Waals surface area contributed by atoms with Gasteiger partial charge in [0.2, 0.25) is 5.75 Å². The average Bonchev–Trinajstić information content (AvgIpc) is 2.70. The number of carboxylic acid groups (broad SMARTS) is 1. The predicted octanol–water partition coefficient (Wildman–Crippen LogP) is 3.95. The number of hydrogen-bond acceptors (Lipinski definition) is 8. The van der Waals surface area contributed by atoms with E-state index in [9.17, 15) is 4.79 Å². The highest BCUT2D eigenvalue weighted by Crippen LogP contribution is 2.35. The molecule has 0 radical (unpaired) electrons. The van der Waals surface area contributed by atoms with E-state index in [-0.39, 0.29) is 6.10 Å². The van der Waals surface area contributed by atoms with E-state index in [0.717, 1.165) is 16.4 Å². The minimum atomic E-state index is -0.902. The van der Waals surface area contributed by atoms with E-state index in [1.165, 1.54) is 18.3 Å². The summed E-state index contributed by atoms with van der Waals surface area (Å²) in [6, 6.07) is 3.94. The SMILES string of the molecule is COc1c(Nc2ccc(SC(C)C)nc2C)ncnc1OC1CCN(C(=O)O)CC1. The van der Waals surface area contributed by atoms with Gasteiger partial charge < -0.3 is 24.8 Å². The highest BCUT2D eigenvalue weighted by Gasteiger charge is 2.25. The van der Waals surface area contributed by atoms with Crippen molar-refractivity contribution in [2.24, 2.45) is 0 Å². The summed E-state index contributed by atoms with van der Waals surface area (Å²) in [5, 5.41) is 13.8. The summed E-state index contributed by atoms with van der Waals surface area (Å²) in [7, 11) is 1.54. The molecule has 0 atom stereocenters. The summed E-state index contributed by atoms with van der Waals surface area (Å²) < 4.78 is 11.5. The van der Waals surface area contributed by atoms with Gasteiger partial charge in [-0.05, 0) is 19.1 Å². The van der Waals surface area contributed by atoms with Crippen LogP contribution in [0.15, 0.2) is 23.5 Å².